The van der Waals surface area contributed by atoms with Gasteiger partial charge in [0.25, 0.3) is 0 Å². The predicted molar refractivity (Wildman–Crippen MR) is 37.8 cm³/mol. The fraction of sp³-hybridized carbons (Fsp3) is 0.400. The Balaban J connectivity index is 3.30. The zero-order valence-electron chi connectivity index (χ0n) is 6.03. The molecule has 2 amide bonds. The lowest BCUT2D eigenvalue weighted by Gasteiger charge is -1.93. The third kappa shape index (κ3) is 8.41. The Kier molecular flexibility index (Phi) is 4.46. The molecule has 0 saturated carbocycles. The van der Waals surface area contributed by atoms with Gasteiger partial charge in [-0.25, -0.2) is 10.2 Å². The molecule has 0 aliphatic carbocycles. The first-order valence-corrected chi connectivity index (χ1v) is 2.83. The average molecular weight is 159 g/mol. The Hall–Kier alpha value is -1.59. The van der Waals surface area contributed by atoms with Crippen LogP contribution in [0.4, 0.5) is 4.79 Å². The zero-order valence-corrected chi connectivity index (χ0v) is 6.03. The lowest BCUT2D eigenvalue weighted by molar-refractivity contribution is -0.139. The molecule has 11 heavy (non-hydrogen) atoms. The normalized spacial score (nSPS) is 9.55. The minimum atomic E-state index is -0.760. The number of ether oxygens (including phenoxy) is 1. The molecule has 0 aromatic heterocycles. The average Bonchev–Trinajstić information content (AvgIpc) is 1.85. The summed E-state index contributed by atoms with van der Waals surface area (Å²) in [6.07, 6.45) is 1.21. The van der Waals surface area contributed by atoms with Crippen molar-refractivity contribution in [3.63, 3.8) is 0 Å². The summed E-state index contributed by atoms with van der Waals surface area (Å²) in [6, 6.07) is -0.760. The minimum Gasteiger partial charge on any atom is -0.460 e. The summed E-state index contributed by atoms with van der Waals surface area (Å²) in [5.74, 6) is -0.407. The van der Waals surface area contributed by atoms with Crippen molar-refractivity contribution >= 4 is 18.2 Å². The number of esters is 1. The highest BCUT2D eigenvalue weighted by molar-refractivity contribution is 5.73. The van der Waals surface area contributed by atoms with Gasteiger partial charge in [-0.15, -0.1) is 0 Å². The number of hydrogen-bond acceptors (Lipinski definition) is 4. The highest BCUT2D eigenvalue weighted by Crippen LogP contribution is 1.71. The van der Waals surface area contributed by atoms with E-state index >= 15 is 0 Å². The van der Waals surface area contributed by atoms with Crippen molar-refractivity contribution in [1.82, 2.24) is 5.43 Å². The second kappa shape index (κ2) is 5.21. The lowest BCUT2D eigenvalue weighted by Crippen LogP contribution is -2.24. The Labute approximate surface area is 63.4 Å². The van der Waals surface area contributed by atoms with Crippen molar-refractivity contribution in [2.45, 2.75) is 6.92 Å². The molecule has 6 nitrogen and oxygen atoms in total. The number of nitrogens with one attached hydrogen (secondary N) is 1. The molecule has 0 aromatic rings. The van der Waals surface area contributed by atoms with E-state index in [0.717, 1.165) is 0 Å². The van der Waals surface area contributed by atoms with Crippen molar-refractivity contribution in [2.24, 2.45) is 10.8 Å². The number of carbonyl (C=O) groups is 2. The quantitative estimate of drug-likeness (QED) is 0.321. The molecule has 0 radical (unpaired) electrons. The van der Waals surface area contributed by atoms with E-state index in [0.29, 0.717) is 0 Å². The lowest BCUT2D eigenvalue weighted by atomic mass is 10.7. The molecule has 0 fully saturated rings. The van der Waals surface area contributed by atoms with Crippen molar-refractivity contribution in [1.29, 1.82) is 0 Å². The first kappa shape index (κ1) is 9.41. The van der Waals surface area contributed by atoms with Gasteiger partial charge in [-0.3, -0.25) is 4.79 Å². The van der Waals surface area contributed by atoms with Gasteiger partial charge in [0.05, 0.1) is 6.21 Å². The maximum Gasteiger partial charge on any atom is 0.332 e. The van der Waals surface area contributed by atoms with Crippen molar-refractivity contribution in [2.75, 3.05) is 6.61 Å². The summed E-state index contributed by atoms with van der Waals surface area (Å²) in [5, 5.41) is 3.32. The highest BCUT2D eigenvalue weighted by Gasteiger charge is 1.87. The third-order valence-electron chi connectivity index (χ3n) is 0.627. The molecular formula is C5H9N3O3. The Morgan fingerprint density at radius 3 is 2.82 bits per heavy atom. The largest absolute Gasteiger partial charge is 0.460 e. The molecule has 0 saturated heterocycles. The molecule has 0 bridgehead atoms. The molecule has 0 unspecified atom stereocenters. The van der Waals surface area contributed by atoms with Gasteiger partial charge in [0, 0.05) is 6.92 Å². The van der Waals surface area contributed by atoms with Gasteiger partial charge in [0.15, 0.2) is 0 Å². The van der Waals surface area contributed by atoms with Crippen LogP contribution in [0.1, 0.15) is 6.92 Å². The van der Waals surface area contributed by atoms with E-state index in [1.54, 1.807) is 0 Å². The monoisotopic (exact) mass is 159 g/mol. The number of rotatable bonds is 3. The van der Waals surface area contributed by atoms with E-state index < -0.39 is 12.0 Å². The number of hydrogen-bond donors (Lipinski definition) is 2. The van der Waals surface area contributed by atoms with Gasteiger partial charge in [0.1, 0.15) is 6.61 Å². The maximum atomic E-state index is 10.1. The molecular weight excluding hydrogens is 150 g/mol. The van der Waals surface area contributed by atoms with Crippen LogP contribution in [0.25, 0.3) is 0 Å². The Bertz CT molecular complexity index is 178. The van der Waals surface area contributed by atoms with Crippen LogP contribution < -0.4 is 11.2 Å². The molecule has 6 heteroatoms. The van der Waals surface area contributed by atoms with E-state index in [1.165, 1.54) is 13.1 Å². The van der Waals surface area contributed by atoms with E-state index in [2.05, 4.69) is 15.6 Å². The summed E-state index contributed by atoms with van der Waals surface area (Å²) in [5.41, 5.74) is 6.60. The Morgan fingerprint density at radius 2 is 2.36 bits per heavy atom. The number of amides is 2. The van der Waals surface area contributed by atoms with Crippen molar-refractivity contribution in [3.8, 4) is 0 Å². The summed E-state index contributed by atoms with van der Waals surface area (Å²) < 4.78 is 4.44. The first-order chi connectivity index (χ1) is 5.13. The molecule has 0 heterocycles. The molecule has 0 aliphatic heterocycles. The van der Waals surface area contributed by atoms with Crippen LogP contribution in [0.5, 0.6) is 0 Å². The fourth-order valence-electron chi connectivity index (χ4n) is 0.301. The van der Waals surface area contributed by atoms with Gasteiger partial charge in [-0.05, 0) is 0 Å². The van der Waals surface area contributed by atoms with Gasteiger partial charge >= 0.3 is 12.0 Å². The zero-order chi connectivity index (χ0) is 8.69. The number of urea groups is 1. The number of hydrazone groups is 1. The predicted octanol–water partition coefficient (Wildman–Crippen LogP) is -0.796. The van der Waals surface area contributed by atoms with Gasteiger partial charge in [0.2, 0.25) is 0 Å². The molecule has 3 N–H and O–H groups in total. The summed E-state index contributed by atoms with van der Waals surface area (Å²) in [7, 11) is 0. The van der Waals surface area contributed by atoms with Crippen LogP contribution in [0.3, 0.4) is 0 Å². The van der Waals surface area contributed by atoms with Crippen LogP contribution in [0.2, 0.25) is 0 Å². The van der Waals surface area contributed by atoms with Gasteiger partial charge in [-0.1, -0.05) is 0 Å². The number of nitrogens with two attached hydrogens (primary N) is 1. The SMILES string of the molecule is CC(=O)OCC=NNC(N)=O. The first-order valence-electron chi connectivity index (χ1n) is 2.83. The van der Waals surface area contributed by atoms with E-state index in [-0.39, 0.29) is 6.61 Å². The fourth-order valence-corrected chi connectivity index (χ4v) is 0.301. The number of nitrogens with zero attached hydrogens (tertiary/aromatic N) is 1. The second-order valence-corrected chi connectivity index (χ2v) is 1.59. The van der Waals surface area contributed by atoms with Crippen molar-refractivity contribution < 1.29 is 14.3 Å². The van der Waals surface area contributed by atoms with Crippen LogP contribution in [0, 0.1) is 0 Å². The van der Waals surface area contributed by atoms with E-state index in [9.17, 15) is 9.59 Å². The molecule has 0 aromatic carbocycles. The third-order valence-corrected chi connectivity index (χ3v) is 0.627. The molecule has 0 aliphatic rings. The van der Waals surface area contributed by atoms with E-state index in [4.69, 9.17) is 0 Å². The van der Waals surface area contributed by atoms with Crippen LogP contribution >= 0.6 is 0 Å². The smallest absolute Gasteiger partial charge is 0.332 e. The molecule has 0 atom stereocenters. The van der Waals surface area contributed by atoms with Gasteiger partial charge < -0.3 is 10.5 Å². The summed E-state index contributed by atoms with van der Waals surface area (Å²) >= 11 is 0. The highest BCUT2D eigenvalue weighted by atomic mass is 16.5. The molecule has 62 valence electrons. The number of carbonyl (C=O) groups excluding carboxylic acids is 2. The maximum absolute atomic E-state index is 10.1. The summed E-state index contributed by atoms with van der Waals surface area (Å²) in [4.78, 5) is 20.1. The standard InChI is InChI=1S/C5H9N3O3/c1-4(9)11-3-2-7-8-5(6)10/h2H,3H2,1H3,(H3,6,8,10). The van der Waals surface area contributed by atoms with E-state index in [1.807, 2.05) is 5.43 Å². The van der Waals surface area contributed by atoms with Crippen molar-refractivity contribution in [3.05, 3.63) is 0 Å². The minimum absolute atomic E-state index is 0.0234. The van der Waals surface area contributed by atoms with Gasteiger partial charge in [-0.2, -0.15) is 5.10 Å². The second-order valence-electron chi connectivity index (χ2n) is 1.59. The van der Waals surface area contributed by atoms with Crippen LogP contribution in [-0.2, 0) is 9.53 Å². The summed E-state index contributed by atoms with van der Waals surface area (Å²) in [6.45, 7) is 1.30. The topological polar surface area (TPSA) is 93.8 Å². The van der Waals surface area contributed by atoms with Crippen LogP contribution in [-0.4, -0.2) is 24.8 Å². The Morgan fingerprint density at radius 1 is 1.73 bits per heavy atom. The number of primary amides is 1. The van der Waals surface area contributed by atoms with Crippen LogP contribution in [0.15, 0.2) is 5.10 Å². The molecule has 0 spiro atoms. The molecule has 0 rings (SSSR count).